The number of carboxylic acids is 2. The highest BCUT2D eigenvalue weighted by Gasteiger charge is 2.26. The molecule has 1 amide bonds. The maximum atomic E-state index is 12.2. The summed E-state index contributed by atoms with van der Waals surface area (Å²) in [5.41, 5.74) is 0.943. The number of sulfonamides is 1. The summed E-state index contributed by atoms with van der Waals surface area (Å²) < 4.78 is 25.9. The van der Waals surface area contributed by atoms with Gasteiger partial charge in [-0.3, -0.25) is 9.78 Å². The van der Waals surface area contributed by atoms with E-state index in [4.69, 9.17) is 19.8 Å². The van der Waals surface area contributed by atoms with Crippen LogP contribution in [0.25, 0.3) is 0 Å². The van der Waals surface area contributed by atoms with Crippen LogP contribution in [0, 0.1) is 0 Å². The Labute approximate surface area is 157 Å². The Kier molecular flexibility index (Phi) is 8.82. The highest BCUT2D eigenvalue weighted by atomic mass is 32.2. The van der Waals surface area contributed by atoms with Gasteiger partial charge in [0, 0.05) is 45.5 Å². The van der Waals surface area contributed by atoms with Crippen molar-refractivity contribution in [3.8, 4) is 0 Å². The molecule has 0 aromatic carbocycles. The molecule has 2 N–H and O–H groups in total. The first-order valence-electron chi connectivity index (χ1n) is 8.22. The molecule has 0 atom stereocenters. The van der Waals surface area contributed by atoms with Gasteiger partial charge in [-0.25, -0.2) is 22.3 Å². The van der Waals surface area contributed by atoms with Gasteiger partial charge in [0.2, 0.25) is 15.9 Å². The molecule has 10 nitrogen and oxygen atoms in total. The fraction of sp³-hybridized carbons (Fsp3) is 0.500. The maximum absolute atomic E-state index is 12.2. The van der Waals surface area contributed by atoms with E-state index in [2.05, 4.69) is 4.98 Å². The molecule has 11 heteroatoms. The fourth-order valence-electron chi connectivity index (χ4n) is 2.38. The summed E-state index contributed by atoms with van der Waals surface area (Å²) >= 11 is 0. The van der Waals surface area contributed by atoms with E-state index in [0.29, 0.717) is 19.6 Å². The van der Waals surface area contributed by atoms with E-state index in [-0.39, 0.29) is 18.2 Å². The number of rotatable bonds is 6. The van der Waals surface area contributed by atoms with Crippen molar-refractivity contribution in [2.45, 2.75) is 26.3 Å². The van der Waals surface area contributed by atoms with Gasteiger partial charge < -0.3 is 15.1 Å². The maximum Gasteiger partial charge on any atom is 0.414 e. The lowest BCUT2D eigenvalue weighted by atomic mass is 10.2. The molecule has 0 saturated carbocycles. The van der Waals surface area contributed by atoms with E-state index in [1.165, 1.54) is 11.2 Å². The molecule has 0 bridgehead atoms. The van der Waals surface area contributed by atoms with E-state index in [0.717, 1.165) is 18.4 Å². The number of carbonyl (C=O) groups is 3. The summed E-state index contributed by atoms with van der Waals surface area (Å²) in [4.78, 5) is 35.4. The van der Waals surface area contributed by atoms with Crippen LogP contribution in [0.2, 0.25) is 0 Å². The zero-order chi connectivity index (χ0) is 20.4. The minimum absolute atomic E-state index is 0.0162. The van der Waals surface area contributed by atoms with Crippen molar-refractivity contribution in [2.24, 2.45) is 0 Å². The molecule has 1 saturated heterocycles. The average Bonchev–Trinajstić information content (AvgIpc) is 3.15. The smallest absolute Gasteiger partial charge is 0.414 e. The number of carboxylic acid groups (broad SMARTS) is 2. The van der Waals surface area contributed by atoms with Gasteiger partial charge in [-0.05, 0) is 30.5 Å². The SMILES string of the molecule is CC(=O)N(CCS(=O)(=O)N1CCCC1)Cc1ccncc1.O=C(O)C(=O)O. The van der Waals surface area contributed by atoms with Gasteiger partial charge >= 0.3 is 11.9 Å². The standard InChI is InChI=1S/C14H21N3O3S.C2H2O4/c1-13(18)16(12-14-4-6-15-7-5-14)10-11-21(19,20)17-8-2-3-9-17;3-1(4)2(5)6/h4-7H,2-3,8-12H2,1H3;(H,3,4)(H,5,6). The monoisotopic (exact) mass is 401 g/mol. The topological polar surface area (TPSA) is 145 Å². The first-order chi connectivity index (χ1) is 12.6. The Morgan fingerprint density at radius 1 is 1.11 bits per heavy atom. The van der Waals surface area contributed by atoms with Crippen LogP contribution < -0.4 is 0 Å². The molecule has 1 fully saturated rings. The Morgan fingerprint density at radius 2 is 1.63 bits per heavy atom. The Hall–Kier alpha value is -2.53. The molecule has 150 valence electrons. The molecule has 1 aromatic rings. The van der Waals surface area contributed by atoms with Crippen LogP contribution in [0.1, 0.15) is 25.3 Å². The Bertz CT molecular complexity index is 735. The molecule has 0 radical (unpaired) electrons. The van der Waals surface area contributed by atoms with Gasteiger partial charge in [-0.15, -0.1) is 0 Å². The van der Waals surface area contributed by atoms with Crippen LogP contribution in [-0.2, 0) is 31.0 Å². The van der Waals surface area contributed by atoms with E-state index < -0.39 is 22.0 Å². The van der Waals surface area contributed by atoms with E-state index in [1.807, 2.05) is 12.1 Å². The molecule has 2 heterocycles. The number of nitrogens with zero attached hydrogens (tertiary/aromatic N) is 3. The van der Waals surface area contributed by atoms with Crippen molar-refractivity contribution in [1.29, 1.82) is 0 Å². The minimum atomic E-state index is -3.25. The second kappa shape index (κ2) is 10.6. The van der Waals surface area contributed by atoms with Crippen molar-refractivity contribution in [3.05, 3.63) is 30.1 Å². The van der Waals surface area contributed by atoms with Crippen LogP contribution in [0.5, 0.6) is 0 Å². The number of aliphatic carboxylic acids is 2. The Morgan fingerprint density at radius 3 is 2.07 bits per heavy atom. The van der Waals surface area contributed by atoms with Crippen molar-refractivity contribution >= 4 is 27.9 Å². The van der Waals surface area contributed by atoms with Crippen molar-refractivity contribution < 1.29 is 33.0 Å². The summed E-state index contributed by atoms with van der Waals surface area (Å²) in [7, 11) is -3.25. The van der Waals surface area contributed by atoms with Gasteiger partial charge in [0.1, 0.15) is 0 Å². The lowest BCUT2D eigenvalue weighted by molar-refractivity contribution is -0.159. The first kappa shape index (κ1) is 22.5. The largest absolute Gasteiger partial charge is 0.473 e. The molecule has 2 rings (SSSR count). The van der Waals surface area contributed by atoms with Crippen molar-refractivity contribution in [1.82, 2.24) is 14.2 Å². The van der Waals surface area contributed by atoms with Crippen LogP contribution in [0.15, 0.2) is 24.5 Å². The molecule has 1 aliphatic heterocycles. The van der Waals surface area contributed by atoms with Crippen molar-refractivity contribution in [2.75, 3.05) is 25.4 Å². The molecule has 0 spiro atoms. The molecule has 1 aliphatic rings. The second-order valence-electron chi connectivity index (χ2n) is 5.83. The third-order valence-corrected chi connectivity index (χ3v) is 5.68. The van der Waals surface area contributed by atoms with Crippen LogP contribution in [0.4, 0.5) is 0 Å². The highest BCUT2D eigenvalue weighted by molar-refractivity contribution is 7.89. The zero-order valence-corrected chi connectivity index (χ0v) is 15.8. The summed E-state index contributed by atoms with van der Waals surface area (Å²) in [5.74, 6) is -3.79. The average molecular weight is 401 g/mol. The lowest BCUT2D eigenvalue weighted by Gasteiger charge is -2.23. The fourth-order valence-corrected chi connectivity index (χ4v) is 3.90. The molecular weight excluding hydrogens is 378 g/mol. The van der Waals surface area contributed by atoms with Crippen molar-refractivity contribution in [3.63, 3.8) is 0 Å². The number of hydrogen-bond donors (Lipinski definition) is 2. The van der Waals surface area contributed by atoms with Gasteiger partial charge in [0.05, 0.1) is 5.75 Å². The van der Waals surface area contributed by atoms with Crippen LogP contribution in [0.3, 0.4) is 0 Å². The van der Waals surface area contributed by atoms with Crippen LogP contribution >= 0.6 is 0 Å². The quantitative estimate of drug-likeness (QED) is 0.634. The molecule has 0 unspecified atom stereocenters. The predicted octanol–water partition coefficient (Wildman–Crippen LogP) is 0.0113. The highest BCUT2D eigenvalue weighted by Crippen LogP contribution is 2.13. The number of pyridine rings is 1. The lowest BCUT2D eigenvalue weighted by Crippen LogP contribution is -2.38. The van der Waals surface area contributed by atoms with Gasteiger partial charge in [-0.1, -0.05) is 0 Å². The summed E-state index contributed by atoms with van der Waals surface area (Å²) in [6.07, 6.45) is 5.17. The normalized spacial score (nSPS) is 14.1. The van der Waals surface area contributed by atoms with E-state index in [9.17, 15) is 13.2 Å². The third kappa shape index (κ3) is 8.13. The number of amides is 1. The molecular formula is C16H23N3O7S. The number of hydrogen-bond acceptors (Lipinski definition) is 6. The summed E-state index contributed by atoms with van der Waals surface area (Å²) in [5, 5.41) is 14.8. The molecule has 0 aliphatic carbocycles. The van der Waals surface area contributed by atoms with Gasteiger partial charge in [-0.2, -0.15) is 0 Å². The van der Waals surface area contributed by atoms with E-state index in [1.54, 1.807) is 17.3 Å². The summed E-state index contributed by atoms with van der Waals surface area (Å²) in [6, 6.07) is 3.65. The molecule has 1 aromatic heterocycles. The predicted molar refractivity (Wildman–Crippen MR) is 95.2 cm³/mol. The van der Waals surface area contributed by atoms with Crippen LogP contribution in [-0.4, -0.2) is 76.1 Å². The second-order valence-corrected chi connectivity index (χ2v) is 7.92. The zero-order valence-electron chi connectivity index (χ0n) is 14.9. The first-order valence-corrected chi connectivity index (χ1v) is 9.83. The van der Waals surface area contributed by atoms with Gasteiger partial charge in [0.25, 0.3) is 0 Å². The third-order valence-electron chi connectivity index (χ3n) is 3.83. The van der Waals surface area contributed by atoms with Gasteiger partial charge in [0.15, 0.2) is 0 Å². The number of aromatic nitrogens is 1. The minimum Gasteiger partial charge on any atom is -0.473 e. The number of carbonyl (C=O) groups excluding carboxylic acids is 1. The molecule has 27 heavy (non-hydrogen) atoms. The van der Waals surface area contributed by atoms with E-state index >= 15 is 0 Å². The summed E-state index contributed by atoms with van der Waals surface area (Å²) in [6.45, 7) is 3.30. The Balaban J connectivity index is 0.000000527.